The Bertz CT molecular complexity index is 341. The average molecular weight is 255 g/mol. The van der Waals surface area contributed by atoms with Gasteiger partial charge in [-0.3, -0.25) is 0 Å². The summed E-state index contributed by atoms with van der Waals surface area (Å²) in [5.41, 5.74) is 0. The summed E-state index contributed by atoms with van der Waals surface area (Å²) in [5.74, 6) is 1.53. The molecule has 0 aliphatic carbocycles. The van der Waals surface area contributed by atoms with E-state index in [0.29, 0.717) is 17.8 Å². The number of aromatic nitrogens is 2. The highest BCUT2D eigenvalue weighted by molar-refractivity contribution is 4.98. The molecule has 1 aromatic heterocycles. The number of hydrogen-bond acceptors (Lipinski definition) is 5. The number of likely N-dealkylation sites (N-methyl/N-ethyl adjacent to an activating group) is 1. The lowest BCUT2D eigenvalue weighted by Gasteiger charge is -2.16. The van der Waals surface area contributed by atoms with E-state index in [4.69, 9.17) is 9.26 Å². The largest absolute Gasteiger partial charge is 0.373 e. The maximum Gasteiger partial charge on any atom is 0.231 e. The molecule has 0 saturated carbocycles. The summed E-state index contributed by atoms with van der Waals surface area (Å²) in [5, 5.41) is 7.39. The van der Waals surface area contributed by atoms with Crippen LogP contribution in [0.2, 0.25) is 0 Å². The second-order valence-electron chi connectivity index (χ2n) is 4.64. The van der Waals surface area contributed by atoms with Crippen molar-refractivity contribution in [3.63, 3.8) is 0 Å². The molecule has 1 rings (SSSR count). The van der Waals surface area contributed by atoms with Crippen molar-refractivity contribution in [2.24, 2.45) is 0 Å². The Morgan fingerprint density at radius 2 is 2.06 bits per heavy atom. The Hall–Kier alpha value is -0.940. The molecule has 0 spiro atoms. The molecule has 0 radical (unpaired) electrons. The van der Waals surface area contributed by atoms with Crippen LogP contribution in [0.15, 0.2) is 4.52 Å². The predicted molar refractivity (Wildman–Crippen MR) is 70.5 cm³/mol. The summed E-state index contributed by atoms with van der Waals surface area (Å²) in [4.78, 5) is 4.46. The Morgan fingerprint density at radius 3 is 2.61 bits per heavy atom. The fraction of sp³-hybridized carbons (Fsp3) is 0.846. The minimum atomic E-state index is -0.0610. The van der Waals surface area contributed by atoms with Crippen molar-refractivity contribution in [3.05, 3.63) is 11.7 Å². The van der Waals surface area contributed by atoms with Gasteiger partial charge in [0.1, 0.15) is 6.10 Å². The van der Waals surface area contributed by atoms with Crippen LogP contribution in [-0.2, 0) is 4.74 Å². The van der Waals surface area contributed by atoms with Crippen molar-refractivity contribution in [1.29, 1.82) is 0 Å². The van der Waals surface area contributed by atoms with Crippen LogP contribution in [0.4, 0.5) is 0 Å². The van der Waals surface area contributed by atoms with E-state index < -0.39 is 0 Å². The molecule has 0 saturated heterocycles. The highest BCUT2D eigenvalue weighted by atomic mass is 16.5. The van der Waals surface area contributed by atoms with Crippen molar-refractivity contribution in [2.75, 3.05) is 13.7 Å². The van der Waals surface area contributed by atoms with Gasteiger partial charge in [-0.25, -0.2) is 0 Å². The van der Waals surface area contributed by atoms with Crippen LogP contribution in [0.5, 0.6) is 0 Å². The van der Waals surface area contributed by atoms with E-state index >= 15 is 0 Å². The van der Waals surface area contributed by atoms with Gasteiger partial charge < -0.3 is 14.6 Å². The fourth-order valence-corrected chi connectivity index (χ4v) is 1.89. The fourth-order valence-electron chi connectivity index (χ4n) is 1.89. The highest BCUT2D eigenvalue weighted by Gasteiger charge is 2.23. The third kappa shape index (κ3) is 3.78. The zero-order valence-corrected chi connectivity index (χ0v) is 12.1. The van der Waals surface area contributed by atoms with E-state index in [0.717, 1.165) is 19.4 Å². The molecule has 0 amide bonds. The van der Waals surface area contributed by atoms with Crippen LogP contribution in [0.25, 0.3) is 0 Å². The van der Waals surface area contributed by atoms with Crippen LogP contribution in [0.1, 0.15) is 64.3 Å². The van der Waals surface area contributed by atoms with Crippen LogP contribution in [-0.4, -0.2) is 29.8 Å². The van der Waals surface area contributed by atoms with Crippen LogP contribution in [0, 0.1) is 0 Å². The molecule has 3 unspecified atom stereocenters. The first kappa shape index (κ1) is 15.1. The van der Waals surface area contributed by atoms with Gasteiger partial charge in [-0.1, -0.05) is 32.3 Å². The van der Waals surface area contributed by atoms with Gasteiger partial charge in [0.25, 0.3) is 0 Å². The third-order valence-electron chi connectivity index (χ3n) is 3.25. The van der Waals surface area contributed by atoms with Gasteiger partial charge in [-0.05, 0) is 19.9 Å². The Labute approximate surface area is 109 Å². The standard InChI is InChI=1S/C13H25N3O2/c1-6-8-11(17-5)12-15-13(18-16-12)9(3)10(4)14-7-2/h9-11,14H,6-8H2,1-5H3. The Balaban J connectivity index is 2.72. The van der Waals surface area contributed by atoms with Gasteiger partial charge in [-0.15, -0.1) is 0 Å². The molecule has 0 fully saturated rings. The van der Waals surface area contributed by atoms with Crippen molar-refractivity contribution < 1.29 is 9.26 Å². The Kier molecular flexibility index (Phi) is 6.29. The minimum absolute atomic E-state index is 0.0610. The van der Waals surface area contributed by atoms with Gasteiger partial charge in [0.15, 0.2) is 0 Å². The lowest BCUT2D eigenvalue weighted by atomic mass is 10.0. The predicted octanol–water partition coefficient (Wildman–Crippen LogP) is 2.66. The number of hydrogen-bond donors (Lipinski definition) is 1. The summed E-state index contributed by atoms with van der Waals surface area (Å²) in [6.07, 6.45) is 1.88. The molecule has 1 N–H and O–H groups in total. The van der Waals surface area contributed by atoms with Gasteiger partial charge in [0.05, 0.1) is 5.92 Å². The van der Waals surface area contributed by atoms with Crippen molar-refractivity contribution >= 4 is 0 Å². The molecule has 3 atom stereocenters. The third-order valence-corrected chi connectivity index (χ3v) is 3.25. The quantitative estimate of drug-likeness (QED) is 0.774. The first-order valence-electron chi connectivity index (χ1n) is 6.73. The molecule has 5 nitrogen and oxygen atoms in total. The van der Waals surface area contributed by atoms with Gasteiger partial charge in [-0.2, -0.15) is 4.98 Å². The molecular weight excluding hydrogens is 230 g/mol. The number of methoxy groups -OCH3 is 1. The van der Waals surface area contributed by atoms with Gasteiger partial charge in [0, 0.05) is 13.2 Å². The van der Waals surface area contributed by atoms with Gasteiger partial charge in [0.2, 0.25) is 11.7 Å². The van der Waals surface area contributed by atoms with E-state index in [-0.39, 0.29) is 12.0 Å². The first-order chi connectivity index (χ1) is 8.63. The summed E-state index contributed by atoms with van der Waals surface area (Å²) < 4.78 is 10.7. The molecule has 0 aromatic carbocycles. The maximum atomic E-state index is 5.38. The number of nitrogens with zero attached hydrogens (tertiary/aromatic N) is 2. The topological polar surface area (TPSA) is 60.2 Å². The zero-order valence-electron chi connectivity index (χ0n) is 12.1. The summed E-state index contributed by atoms with van der Waals surface area (Å²) in [6, 6.07) is 0.315. The number of nitrogens with one attached hydrogen (secondary N) is 1. The number of ether oxygens (including phenoxy) is 1. The van der Waals surface area contributed by atoms with E-state index in [1.54, 1.807) is 7.11 Å². The van der Waals surface area contributed by atoms with Crippen LogP contribution in [0.3, 0.4) is 0 Å². The monoisotopic (exact) mass is 255 g/mol. The maximum absolute atomic E-state index is 5.38. The molecule has 18 heavy (non-hydrogen) atoms. The molecule has 1 aromatic rings. The SMILES string of the molecule is CCCC(OC)c1noc(C(C)C(C)NCC)n1. The van der Waals surface area contributed by atoms with Crippen molar-refractivity contribution in [1.82, 2.24) is 15.5 Å². The second kappa shape index (κ2) is 7.48. The number of rotatable bonds is 8. The Morgan fingerprint density at radius 1 is 1.33 bits per heavy atom. The lowest BCUT2D eigenvalue weighted by molar-refractivity contribution is 0.0854. The van der Waals surface area contributed by atoms with Crippen LogP contribution < -0.4 is 5.32 Å². The first-order valence-corrected chi connectivity index (χ1v) is 6.73. The summed E-state index contributed by atoms with van der Waals surface area (Å²) in [7, 11) is 1.68. The smallest absolute Gasteiger partial charge is 0.231 e. The minimum Gasteiger partial charge on any atom is -0.373 e. The molecule has 5 heteroatoms. The van der Waals surface area contributed by atoms with E-state index in [9.17, 15) is 0 Å². The summed E-state index contributed by atoms with van der Waals surface area (Å²) in [6.45, 7) is 9.35. The van der Waals surface area contributed by atoms with E-state index in [2.05, 4.69) is 43.2 Å². The van der Waals surface area contributed by atoms with Crippen molar-refractivity contribution in [2.45, 2.75) is 58.6 Å². The van der Waals surface area contributed by atoms with E-state index in [1.807, 2.05) is 0 Å². The molecule has 0 aliphatic heterocycles. The molecule has 1 heterocycles. The highest BCUT2D eigenvalue weighted by Crippen LogP contribution is 2.23. The second-order valence-corrected chi connectivity index (χ2v) is 4.64. The molecular formula is C13H25N3O2. The molecule has 0 bridgehead atoms. The van der Waals surface area contributed by atoms with Crippen LogP contribution >= 0.6 is 0 Å². The molecule has 0 aliphatic rings. The zero-order chi connectivity index (χ0) is 13.5. The lowest BCUT2D eigenvalue weighted by Crippen LogP contribution is -2.30. The molecule has 104 valence electrons. The average Bonchev–Trinajstić information content (AvgIpc) is 2.84. The van der Waals surface area contributed by atoms with E-state index in [1.165, 1.54) is 0 Å². The van der Waals surface area contributed by atoms with Gasteiger partial charge >= 0.3 is 0 Å². The van der Waals surface area contributed by atoms with Crippen molar-refractivity contribution in [3.8, 4) is 0 Å². The normalized spacial score (nSPS) is 16.5. The summed E-state index contributed by atoms with van der Waals surface area (Å²) >= 11 is 0.